The number of carbonyl (C=O) groups excluding carboxylic acids is 1. The van der Waals surface area contributed by atoms with Gasteiger partial charge in [-0.15, -0.1) is 0 Å². The molecular weight excluding hydrogens is 266 g/mol. The van der Waals surface area contributed by atoms with Crippen molar-refractivity contribution in [3.63, 3.8) is 0 Å². The summed E-state index contributed by atoms with van der Waals surface area (Å²) in [6.07, 6.45) is 8.97. The van der Waals surface area contributed by atoms with Crippen LogP contribution in [0.3, 0.4) is 0 Å². The summed E-state index contributed by atoms with van der Waals surface area (Å²) in [4.78, 5) is 15.3. The lowest BCUT2D eigenvalue weighted by atomic mass is 9.81. The molecule has 3 aliphatic heterocycles. The zero-order chi connectivity index (χ0) is 14.3. The molecule has 0 aromatic rings. The Bertz CT molecular complexity index is 405. The first-order valence-corrected chi connectivity index (χ1v) is 8.79. The van der Waals surface area contributed by atoms with Crippen LogP contribution in [0.5, 0.6) is 0 Å². The Hall–Kier alpha value is -0.450. The molecule has 0 radical (unpaired) electrons. The number of ketones is 1. The lowest BCUT2D eigenvalue weighted by molar-refractivity contribution is -0.153. The predicted octanol–water partition coefficient (Wildman–Crippen LogP) is 2.16. The summed E-state index contributed by atoms with van der Waals surface area (Å²) in [6.45, 7) is 3.49. The molecule has 4 nitrogen and oxygen atoms in total. The van der Waals surface area contributed by atoms with Crippen LogP contribution in [-0.2, 0) is 14.3 Å². The Morgan fingerprint density at radius 1 is 1.14 bits per heavy atom. The number of Topliss-reactive ketones (excluding diaryl/α,β-unsaturated/α-hetero) is 1. The largest absolute Gasteiger partial charge is 0.375 e. The van der Waals surface area contributed by atoms with Crippen molar-refractivity contribution in [2.75, 3.05) is 26.3 Å². The maximum absolute atomic E-state index is 12.9. The van der Waals surface area contributed by atoms with Crippen molar-refractivity contribution in [3.8, 4) is 0 Å². The van der Waals surface area contributed by atoms with Gasteiger partial charge in [0.25, 0.3) is 0 Å². The molecule has 21 heavy (non-hydrogen) atoms. The molecule has 4 rings (SSSR count). The predicted molar refractivity (Wildman–Crippen MR) is 79.2 cm³/mol. The van der Waals surface area contributed by atoms with E-state index in [1.165, 1.54) is 25.7 Å². The molecule has 0 aromatic heterocycles. The van der Waals surface area contributed by atoms with Crippen LogP contribution in [0.1, 0.15) is 51.4 Å². The van der Waals surface area contributed by atoms with Crippen molar-refractivity contribution in [1.29, 1.82) is 0 Å². The van der Waals surface area contributed by atoms with Crippen LogP contribution in [0, 0.1) is 5.92 Å². The second kappa shape index (κ2) is 5.64. The van der Waals surface area contributed by atoms with E-state index in [0.717, 1.165) is 52.0 Å². The van der Waals surface area contributed by atoms with Gasteiger partial charge < -0.3 is 9.47 Å². The highest BCUT2D eigenvalue weighted by Crippen LogP contribution is 2.42. The van der Waals surface area contributed by atoms with E-state index in [2.05, 4.69) is 4.90 Å². The number of fused-ring (bicyclic) bond motifs is 1. The third-order valence-electron chi connectivity index (χ3n) is 6.12. The van der Waals surface area contributed by atoms with Gasteiger partial charge in [-0.3, -0.25) is 9.69 Å². The molecule has 0 N–H and O–H groups in total. The van der Waals surface area contributed by atoms with Crippen molar-refractivity contribution >= 4 is 5.78 Å². The Kier molecular flexibility index (Phi) is 3.80. The van der Waals surface area contributed by atoms with Gasteiger partial charge >= 0.3 is 0 Å². The molecule has 4 heteroatoms. The maximum atomic E-state index is 12.9. The molecule has 1 spiro atoms. The lowest BCUT2D eigenvalue weighted by Crippen LogP contribution is -2.52. The number of hydrogen-bond donors (Lipinski definition) is 0. The number of ether oxygens (including phenoxy) is 2. The van der Waals surface area contributed by atoms with Crippen molar-refractivity contribution in [1.82, 2.24) is 4.90 Å². The van der Waals surface area contributed by atoms with E-state index in [-0.39, 0.29) is 17.6 Å². The van der Waals surface area contributed by atoms with E-state index in [1.807, 2.05) is 0 Å². The summed E-state index contributed by atoms with van der Waals surface area (Å²) in [6, 6.07) is 0.574. The fourth-order valence-corrected chi connectivity index (χ4v) is 4.89. The molecule has 4 aliphatic rings. The third-order valence-corrected chi connectivity index (χ3v) is 6.12. The Labute approximate surface area is 127 Å². The van der Waals surface area contributed by atoms with Crippen LogP contribution in [0.15, 0.2) is 0 Å². The minimum absolute atomic E-state index is 0.0312. The first-order chi connectivity index (χ1) is 10.3. The van der Waals surface area contributed by atoms with Gasteiger partial charge in [-0.05, 0) is 45.1 Å². The first-order valence-electron chi connectivity index (χ1n) is 8.79. The molecule has 4 fully saturated rings. The van der Waals surface area contributed by atoms with Crippen molar-refractivity contribution < 1.29 is 14.3 Å². The zero-order valence-corrected chi connectivity index (χ0v) is 12.9. The van der Waals surface area contributed by atoms with Gasteiger partial charge in [-0.25, -0.2) is 0 Å². The Balaban J connectivity index is 1.40. The smallest absolute Gasteiger partial charge is 0.166 e. The monoisotopic (exact) mass is 293 g/mol. The van der Waals surface area contributed by atoms with E-state index in [9.17, 15) is 4.79 Å². The van der Waals surface area contributed by atoms with Crippen LogP contribution in [0.4, 0.5) is 0 Å². The molecule has 3 saturated heterocycles. The van der Waals surface area contributed by atoms with Crippen LogP contribution in [-0.4, -0.2) is 54.7 Å². The summed E-state index contributed by atoms with van der Waals surface area (Å²) in [5, 5.41) is 0. The first kappa shape index (κ1) is 14.2. The summed E-state index contributed by atoms with van der Waals surface area (Å²) >= 11 is 0. The number of nitrogens with zero attached hydrogens (tertiary/aromatic N) is 1. The summed E-state index contributed by atoms with van der Waals surface area (Å²) in [5.41, 5.74) is 0.0312. The highest BCUT2D eigenvalue weighted by Gasteiger charge is 2.44. The van der Waals surface area contributed by atoms with Crippen molar-refractivity contribution in [2.45, 2.75) is 69.1 Å². The van der Waals surface area contributed by atoms with Gasteiger partial charge in [0, 0.05) is 25.1 Å². The maximum Gasteiger partial charge on any atom is 0.166 e. The molecular formula is C17H27NO3. The van der Waals surface area contributed by atoms with Gasteiger partial charge in [0.2, 0.25) is 0 Å². The second-order valence-corrected chi connectivity index (χ2v) is 7.44. The molecule has 3 heterocycles. The van der Waals surface area contributed by atoms with Gasteiger partial charge in [-0.2, -0.15) is 0 Å². The van der Waals surface area contributed by atoms with Crippen molar-refractivity contribution in [2.24, 2.45) is 5.92 Å². The molecule has 0 aromatic carbocycles. The topological polar surface area (TPSA) is 38.8 Å². The minimum Gasteiger partial charge on any atom is -0.375 e. The Morgan fingerprint density at radius 2 is 2.00 bits per heavy atom. The number of rotatable bonds is 2. The molecule has 3 atom stereocenters. The molecule has 3 unspecified atom stereocenters. The van der Waals surface area contributed by atoms with Crippen LogP contribution >= 0.6 is 0 Å². The van der Waals surface area contributed by atoms with Crippen LogP contribution in [0.2, 0.25) is 0 Å². The van der Waals surface area contributed by atoms with E-state index < -0.39 is 0 Å². The van der Waals surface area contributed by atoms with Gasteiger partial charge in [-0.1, -0.05) is 12.8 Å². The molecule has 118 valence electrons. The van der Waals surface area contributed by atoms with E-state index in [0.29, 0.717) is 11.8 Å². The quantitative estimate of drug-likeness (QED) is 0.782. The molecule has 0 amide bonds. The normalized spacial score (nSPS) is 39.5. The Morgan fingerprint density at radius 3 is 2.86 bits per heavy atom. The fourth-order valence-electron chi connectivity index (χ4n) is 4.89. The highest BCUT2D eigenvalue weighted by molar-refractivity contribution is 5.86. The average Bonchev–Trinajstić information content (AvgIpc) is 3.15. The SMILES string of the molecule is O=C(C1CCOC2(CCCC2)C1)C1CN2CCCC2CO1. The number of morpholine rings is 1. The second-order valence-electron chi connectivity index (χ2n) is 7.44. The number of carbonyl (C=O) groups is 1. The summed E-state index contributed by atoms with van der Waals surface area (Å²) in [5.74, 6) is 0.524. The van der Waals surface area contributed by atoms with Crippen LogP contribution in [0.25, 0.3) is 0 Å². The molecule has 0 bridgehead atoms. The number of hydrogen-bond acceptors (Lipinski definition) is 4. The van der Waals surface area contributed by atoms with Gasteiger partial charge in [0.05, 0.1) is 12.2 Å². The highest BCUT2D eigenvalue weighted by atomic mass is 16.5. The molecule has 1 saturated carbocycles. The summed E-state index contributed by atoms with van der Waals surface area (Å²) in [7, 11) is 0. The van der Waals surface area contributed by atoms with Gasteiger partial charge in [0.15, 0.2) is 5.78 Å². The van der Waals surface area contributed by atoms with E-state index in [4.69, 9.17) is 9.47 Å². The lowest BCUT2D eigenvalue weighted by Gasteiger charge is -2.40. The van der Waals surface area contributed by atoms with Crippen molar-refractivity contribution in [3.05, 3.63) is 0 Å². The van der Waals surface area contributed by atoms with E-state index in [1.54, 1.807) is 0 Å². The molecule has 1 aliphatic carbocycles. The van der Waals surface area contributed by atoms with E-state index >= 15 is 0 Å². The van der Waals surface area contributed by atoms with Crippen LogP contribution < -0.4 is 0 Å². The third kappa shape index (κ3) is 2.66. The minimum atomic E-state index is -0.180. The standard InChI is InChI=1S/C17H27NO3/c19-16(15-11-18-8-3-4-14(18)12-20-15)13-5-9-21-17(10-13)6-1-2-7-17/h13-15H,1-12H2. The summed E-state index contributed by atoms with van der Waals surface area (Å²) < 4.78 is 12.0. The fraction of sp³-hybridized carbons (Fsp3) is 0.941. The average molecular weight is 293 g/mol. The van der Waals surface area contributed by atoms with Gasteiger partial charge in [0.1, 0.15) is 6.10 Å². The zero-order valence-electron chi connectivity index (χ0n) is 12.9.